The second-order valence-electron chi connectivity index (χ2n) is 5.38. The van der Waals surface area contributed by atoms with E-state index in [4.69, 9.17) is 4.74 Å². The maximum absolute atomic E-state index is 12.5. The van der Waals surface area contributed by atoms with Crippen molar-refractivity contribution in [2.24, 2.45) is 0 Å². The molecule has 0 aromatic carbocycles. The van der Waals surface area contributed by atoms with Gasteiger partial charge in [0.1, 0.15) is 6.17 Å². The summed E-state index contributed by atoms with van der Waals surface area (Å²) >= 11 is 1.75. The molecule has 1 aromatic heterocycles. The van der Waals surface area contributed by atoms with Gasteiger partial charge in [-0.05, 0) is 32.4 Å². The van der Waals surface area contributed by atoms with Crippen molar-refractivity contribution in [3.8, 4) is 0 Å². The summed E-state index contributed by atoms with van der Waals surface area (Å²) in [6.07, 6.45) is 2.00. The topological polar surface area (TPSA) is 41.6 Å². The molecule has 20 heavy (non-hydrogen) atoms. The molecular formula is C15H24N2O2S. The van der Waals surface area contributed by atoms with Crippen LogP contribution in [0.1, 0.15) is 42.6 Å². The number of hydrogen-bond acceptors (Lipinski definition) is 4. The highest BCUT2D eigenvalue weighted by Gasteiger charge is 2.41. The van der Waals surface area contributed by atoms with Crippen molar-refractivity contribution in [1.82, 2.24) is 10.2 Å². The lowest BCUT2D eigenvalue weighted by atomic mass is 10.1. The first-order valence-corrected chi connectivity index (χ1v) is 8.03. The largest absolute Gasteiger partial charge is 0.383 e. The van der Waals surface area contributed by atoms with Crippen LogP contribution in [0.5, 0.6) is 0 Å². The number of methoxy groups -OCH3 is 1. The maximum Gasteiger partial charge on any atom is 0.241 e. The minimum absolute atomic E-state index is 0.0112. The first kappa shape index (κ1) is 15.5. The van der Waals surface area contributed by atoms with Crippen molar-refractivity contribution >= 4 is 17.2 Å². The molecule has 0 saturated carbocycles. The van der Waals surface area contributed by atoms with Crippen LogP contribution in [0.3, 0.4) is 0 Å². The first-order valence-electron chi connectivity index (χ1n) is 7.22. The number of carbonyl (C=O) groups excluding carboxylic acids is 1. The number of hydrogen-bond donors (Lipinski definition) is 1. The van der Waals surface area contributed by atoms with E-state index in [9.17, 15) is 4.79 Å². The van der Waals surface area contributed by atoms with Crippen LogP contribution in [0.4, 0.5) is 0 Å². The van der Waals surface area contributed by atoms with Crippen LogP contribution in [0.2, 0.25) is 0 Å². The van der Waals surface area contributed by atoms with Gasteiger partial charge in [0.2, 0.25) is 5.91 Å². The fraction of sp³-hybridized carbons (Fsp3) is 0.667. The van der Waals surface area contributed by atoms with E-state index < -0.39 is 0 Å². The molecule has 1 N–H and O–H groups in total. The van der Waals surface area contributed by atoms with Crippen LogP contribution in [0, 0.1) is 6.92 Å². The minimum atomic E-state index is -0.126. The third-order valence-corrected chi connectivity index (χ3v) is 4.77. The fourth-order valence-corrected chi connectivity index (χ4v) is 3.72. The molecule has 5 heteroatoms. The highest BCUT2D eigenvalue weighted by molar-refractivity contribution is 7.12. The van der Waals surface area contributed by atoms with Crippen LogP contribution in [-0.2, 0) is 9.53 Å². The summed E-state index contributed by atoms with van der Waals surface area (Å²) < 4.78 is 5.32. The van der Waals surface area contributed by atoms with Gasteiger partial charge in [0.05, 0.1) is 18.7 Å². The van der Waals surface area contributed by atoms with E-state index >= 15 is 0 Å². The van der Waals surface area contributed by atoms with Crippen LogP contribution in [0.25, 0.3) is 0 Å². The lowest BCUT2D eigenvalue weighted by Gasteiger charge is -2.31. The Kier molecular flexibility index (Phi) is 5.18. The Morgan fingerprint density at radius 2 is 2.25 bits per heavy atom. The van der Waals surface area contributed by atoms with Gasteiger partial charge in [-0.1, -0.05) is 13.3 Å². The predicted molar refractivity (Wildman–Crippen MR) is 81.8 cm³/mol. The number of nitrogens with zero attached hydrogens (tertiary/aromatic N) is 1. The van der Waals surface area contributed by atoms with Gasteiger partial charge < -0.3 is 9.64 Å². The third-order valence-electron chi connectivity index (χ3n) is 3.72. The van der Waals surface area contributed by atoms with Crippen molar-refractivity contribution in [1.29, 1.82) is 0 Å². The summed E-state index contributed by atoms with van der Waals surface area (Å²) in [5.74, 6) is 0.177. The fourth-order valence-electron chi connectivity index (χ4n) is 2.78. The number of nitrogens with one attached hydrogen (secondary N) is 1. The van der Waals surface area contributed by atoms with E-state index in [1.165, 1.54) is 9.75 Å². The average molecular weight is 296 g/mol. The summed E-state index contributed by atoms with van der Waals surface area (Å²) in [5, 5.41) is 3.41. The standard InChI is InChI=1S/C15H24N2O2S/c1-5-6-12(9-19-4)17-14(16-11(3)15(17)18)13-8-7-10(2)20-13/h7-8,11-12,14,16H,5-6,9H2,1-4H3. The van der Waals surface area contributed by atoms with Crippen molar-refractivity contribution in [3.05, 3.63) is 21.9 Å². The molecule has 1 aliphatic heterocycles. The molecule has 0 aliphatic carbocycles. The third kappa shape index (κ3) is 3.05. The van der Waals surface area contributed by atoms with Gasteiger partial charge in [-0.15, -0.1) is 11.3 Å². The summed E-state index contributed by atoms with van der Waals surface area (Å²) in [6.45, 7) is 6.77. The number of amides is 1. The molecule has 2 rings (SSSR count). The monoisotopic (exact) mass is 296 g/mol. The van der Waals surface area contributed by atoms with Crippen LogP contribution in [-0.4, -0.2) is 36.6 Å². The van der Waals surface area contributed by atoms with Gasteiger partial charge in [-0.3, -0.25) is 10.1 Å². The first-order chi connectivity index (χ1) is 9.58. The Morgan fingerprint density at radius 1 is 1.50 bits per heavy atom. The van der Waals surface area contributed by atoms with E-state index in [2.05, 4.69) is 31.3 Å². The SMILES string of the molecule is CCCC(COC)N1C(=O)C(C)NC1c1ccc(C)s1. The summed E-state index contributed by atoms with van der Waals surface area (Å²) in [7, 11) is 1.70. The Labute approximate surface area is 125 Å². The molecule has 0 spiro atoms. The minimum Gasteiger partial charge on any atom is -0.383 e. The van der Waals surface area contributed by atoms with E-state index in [0.29, 0.717) is 6.61 Å². The quantitative estimate of drug-likeness (QED) is 0.877. The molecule has 4 nitrogen and oxygen atoms in total. The molecule has 1 saturated heterocycles. The van der Waals surface area contributed by atoms with Gasteiger partial charge in [0.25, 0.3) is 0 Å². The van der Waals surface area contributed by atoms with Crippen LogP contribution >= 0.6 is 11.3 Å². The Hall–Kier alpha value is -0.910. The van der Waals surface area contributed by atoms with Gasteiger partial charge in [0, 0.05) is 16.9 Å². The van der Waals surface area contributed by atoms with E-state index in [-0.39, 0.29) is 24.2 Å². The summed E-state index contributed by atoms with van der Waals surface area (Å²) in [4.78, 5) is 17.0. The lowest BCUT2D eigenvalue weighted by Crippen LogP contribution is -2.42. The van der Waals surface area contributed by atoms with Gasteiger partial charge in [-0.2, -0.15) is 0 Å². The Bertz CT molecular complexity index is 454. The second-order valence-corrected chi connectivity index (χ2v) is 6.70. The molecule has 0 bridgehead atoms. The molecule has 1 aliphatic rings. The molecule has 1 fully saturated rings. The zero-order chi connectivity index (χ0) is 14.7. The lowest BCUT2D eigenvalue weighted by molar-refractivity contribution is -0.133. The van der Waals surface area contributed by atoms with Crippen LogP contribution in [0.15, 0.2) is 12.1 Å². The van der Waals surface area contributed by atoms with Gasteiger partial charge in [0.15, 0.2) is 0 Å². The predicted octanol–water partition coefficient (Wildman–Crippen LogP) is 2.69. The van der Waals surface area contributed by atoms with Crippen molar-refractivity contribution in [2.75, 3.05) is 13.7 Å². The number of thiophene rings is 1. The molecule has 0 radical (unpaired) electrons. The number of aryl methyl sites for hydroxylation is 1. The molecular weight excluding hydrogens is 272 g/mol. The molecule has 1 aromatic rings. The average Bonchev–Trinajstić information content (AvgIpc) is 2.95. The highest BCUT2D eigenvalue weighted by Crippen LogP contribution is 2.33. The second kappa shape index (κ2) is 6.70. The molecule has 3 unspecified atom stereocenters. The van der Waals surface area contributed by atoms with Crippen molar-refractivity contribution in [3.63, 3.8) is 0 Å². The highest BCUT2D eigenvalue weighted by atomic mass is 32.1. The number of ether oxygens (including phenoxy) is 1. The number of carbonyl (C=O) groups is 1. The van der Waals surface area contributed by atoms with E-state index in [1.807, 2.05) is 11.8 Å². The maximum atomic E-state index is 12.5. The number of rotatable bonds is 6. The van der Waals surface area contributed by atoms with Gasteiger partial charge >= 0.3 is 0 Å². The zero-order valence-electron chi connectivity index (χ0n) is 12.7. The van der Waals surface area contributed by atoms with Gasteiger partial charge in [-0.25, -0.2) is 0 Å². The normalized spacial score (nSPS) is 24.4. The summed E-state index contributed by atoms with van der Waals surface area (Å²) in [6, 6.07) is 4.24. The van der Waals surface area contributed by atoms with E-state index in [1.54, 1.807) is 18.4 Å². The molecule has 2 heterocycles. The smallest absolute Gasteiger partial charge is 0.241 e. The molecule has 112 valence electrons. The zero-order valence-corrected chi connectivity index (χ0v) is 13.5. The summed E-state index contributed by atoms with van der Waals surface area (Å²) in [5.41, 5.74) is 0. The van der Waals surface area contributed by atoms with Crippen molar-refractivity contribution < 1.29 is 9.53 Å². The molecule has 1 amide bonds. The van der Waals surface area contributed by atoms with Crippen LogP contribution < -0.4 is 5.32 Å². The van der Waals surface area contributed by atoms with Crippen molar-refractivity contribution in [2.45, 2.75) is 51.9 Å². The molecule has 3 atom stereocenters. The Balaban J connectivity index is 2.26. The Morgan fingerprint density at radius 3 is 2.80 bits per heavy atom. The van der Waals surface area contributed by atoms with E-state index in [0.717, 1.165) is 12.8 Å².